The van der Waals surface area contributed by atoms with Gasteiger partial charge in [-0.25, -0.2) is 29.9 Å². The van der Waals surface area contributed by atoms with E-state index in [-0.39, 0.29) is 17.5 Å². The maximum absolute atomic E-state index is 5.76. The first-order valence-corrected chi connectivity index (χ1v) is 9.10. The number of alkyl halides is 6. The Morgan fingerprint density at radius 1 is 0.741 bits per heavy atom. The highest BCUT2D eigenvalue weighted by Gasteiger charge is 2.33. The highest BCUT2D eigenvalue weighted by atomic mass is 35.6. The van der Waals surface area contributed by atoms with Gasteiger partial charge in [-0.2, -0.15) is 0 Å². The van der Waals surface area contributed by atoms with Gasteiger partial charge in [0.15, 0.2) is 17.5 Å². The highest BCUT2D eigenvalue weighted by molar-refractivity contribution is 6.67. The molecule has 0 N–H and O–H groups in total. The zero-order chi connectivity index (χ0) is 19.9. The molecule has 0 amide bonds. The van der Waals surface area contributed by atoms with Gasteiger partial charge < -0.3 is 4.42 Å². The number of hydrogen-bond acceptors (Lipinski definition) is 7. The van der Waals surface area contributed by atoms with Crippen molar-refractivity contribution in [1.82, 2.24) is 29.9 Å². The average Bonchev–Trinajstić information content (AvgIpc) is 3.14. The Morgan fingerprint density at radius 2 is 1.26 bits per heavy atom. The fraction of sp³-hybridized carbons (Fsp3) is 0.143. The monoisotopic (exact) mass is 486 g/mol. The van der Waals surface area contributed by atoms with Gasteiger partial charge in [0.1, 0.15) is 24.7 Å². The minimum Gasteiger partial charge on any atom is -0.465 e. The SMILES string of the molecule is ClC(Cl)(Cl)c1nc(C=Cc2ccco2)nc(C(Cl)(Cl)Cl)n1.c1ncncn1. The fourth-order valence-electron chi connectivity index (χ4n) is 1.47. The third kappa shape index (κ3) is 7.73. The van der Waals surface area contributed by atoms with Gasteiger partial charge in [0.05, 0.1) is 6.26 Å². The van der Waals surface area contributed by atoms with Crippen LogP contribution in [0.4, 0.5) is 0 Å². The van der Waals surface area contributed by atoms with E-state index >= 15 is 0 Å². The van der Waals surface area contributed by atoms with E-state index in [9.17, 15) is 0 Å². The van der Waals surface area contributed by atoms with E-state index in [1.54, 1.807) is 18.2 Å². The molecule has 13 heteroatoms. The van der Waals surface area contributed by atoms with Crippen LogP contribution in [0.5, 0.6) is 0 Å². The Labute approximate surface area is 183 Å². The molecule has 0 aromatic carbocycles. The van der Waals surface area contributed by atoms with Crippen molar-refractivity contribution in [2.45, 2.75) is 7.59 Å². The van der Waals surface area contributed by atoms with Crippen LogP contribution in [0.25, 0.3) is 12.2 Å². The van der Waals surface area contributed by atoms with E-state index < -0.39 is 7.59 Å². The van der Waals surface area contributed by atoms with Crippen LogP contribution in [0.15, 0.2) is 41.8 Å². The van der Waals surface area contributed by atoms with Gasteiger partial charge >= 0.3 is 0 Å². The Balaban J connectivity index is 0.000000369. The molecule has 0 aliphatic carbocycles. The Morgan fingerprint density at radius 3 is 1.63 bits per heavy atom. The predicted molar refractivity (Wildman–Crippen MR) is 106 cm³/mol. The summed E-state index contributed by atoms with van der Waals surface area (Å²) < 4.78 is 1.39. The minimum absolute atomic E-state index is 0.150. The zero-order valence-corrected chi connectivity index (χ0v) is 17.5. The van der Waals surface area contributed by atoms with Gasteiger partial charge in [0, 0.05) is 0 Å². The summed E-state index contributed by atoms with van der Waals surface area (Å²) in [7, 11) is 0. The smallest absolute Gasteiger partial charge is 0.250 e. The molecule has 0 radical (unpaired) electrons. The largest absolute Gasteiger partial charge is 0.465 e. The quantitative estimate of drug-likeness (QED) is 0.460. The third-order valence-corrected chi connectivity index (χ3v) is 3.51. The fourth-order valence-corrected chi connectivity index (χ4v) is 1.98. The topological polar surface area (TPSA) is 90.5 Å². The van der Waals surface area contributed by atoms with Gasteiger partial charge in [0.25, 0.3) is 0 Å². The summed E-state index contributed by atoms with van der Waals surface area (Å²) in [6.07, 6.45) is 8.96. The van der Waals surface area contributed by atoms with Crippen LogP contribution in [0, 0.1) is 0 Å². The first-order valence-electron chi connectivity index (χ1n) is 6.83. The molecule has 0 aliphatic heterocycles. The molecule has 0 saturated heterocycles. The maximum Gasteiger partial charge on any atom is 0.250 e. The number of halogens is 6. The summed E-state index contributed by atoms with van der Waals surface area (Å²) in [4.78, 5) is 22.5. The zero-order valence-electron chi connectivity index (χ0n) is 13.0. The summed E-state index contributed by atoms with van der Waals surface area (Å²) in [5, 5.41) is 0. The lowest BCUT2D eigenvalue weighted by molar-refractivity contribution is 0.557. The summed E-state index contributed by atoms with van der Waals surface area (Å²) >= 11 is 34.6. The second kappa shape index (κ2) is 9.82. The normalized spacial score (nSPS) is 11.9. The van der Waals surface area contributed by atoms with Crippen molar-refractivity contribution < 1.29 is 4.42 Å². The predicted octanol–water partition coefficient (Wildman–Crippen LogP) is 5.16. The molecule has 27 heavy (non-hydrogen) atoms. The van der Waals surface area contributed by atoms with Crippen molar-refractivity contribution in [3.8, 4) is 0 Å². The number of hydrogen-bond donors (Lipinski definition) is 0. The lowest BCUT2D eigenvalue weighted by Crippen LogP contribution is -2.16. The number of rotatable bonds is 2. The van der Waals surface area contributed by atoms with Crippen LogP contribution in [-0.4, -0.2) is 29.9 Å². The minimum atomic E-state index is -1.87. The molecule has 3 aromatic rings. The second-order valence-electron chi connectivity index (χ2n) is 4.48. The van der Waals surface area contributed by atoms with E-state index in [1.165, 1.54) is 31.3 Å². The van der Waals surface area contributed by atoms with Gasteiger partial charge in [-0.1, -0.05) is 69.6 Å². The van der Waals surface area contributed by atoms with Crippen molar-refractivity contribution in [3.63, 3.8) is 0 Å². The van der Waals surface area contributed by atoms with Gasteiger partial charge in [0.2, 0.25) is 7.59 Å². The number of nitrogens with zero attached hydrogens (tertiary/aromatic N) is 6. The standard InChI is InChI=1S/C11H5Cl6N3O.C3H3N3/c12-10(13,14)8-18-7(4-3-6-2-1-5-21-6)19-9(20-8)11(15,16)17;1-4-2-6-3-5-1/h1-5H;1-3H. The molecule has 3 aromatic heterocycles. The summed E-state index contributed by atoms with van der Waals surface area (Å²) in [6, 6.07) is 3.47. The molecule has 0 aliphatic rings. The molecule has 3 rings (SSSR count). The lowest BCUT2D eigenvalue weighted by atomic mass is 10.4. The first kappa shape index (κ1) is 22.1. The molecule has 0 atom stereocenters. The van der Waals surface area contributed by atoms with Crippen molar-refractivity contribution in [2.24, 2.45) is 0 Å². The van der Waals surface area contributed by atoms with Crippen LogP contribution in [0.3, 0.4) is 0 Å². The van der Waals surface area contributed by atoms with Crippen LogP contribution >= 0.6 is 69.6 Å². The molecule has 7 nitrogen and oxygen atoms in total. The summed E-state index contributed by atoms with van der Waals surface area (Å²) in [5.74, 6) is 0.441. The summed E-state index contributed by atoms with van der Waals surface area (Å²) in [6.45, 7) is 0. The second-order valence-corrected chi connectivity index (χ2v) is 9.04. The van der Waals surface area contributed by atoms with Gasteiger partial charge in [-0.3, -0.25) is 0 Å². The lowest BCUT2D eigenvalue weighted by Gasteiger charge is -2.14. The highest BCUT2D eigenvalue weighted by Crippen LogP contribution is 2.39. The van der Waals surface area contributed by atoms with Crippen LogP contribution in [0.2, 0.25) is 0 Å². The van der Waals surface area contributed by atoms with Gasteiger partial charge in [-0.05, 0) is 24.3 Å². The van der Waals surface area contributed by atoms with E-state index in [2.05, 4.69) is 29.9 Å². The molecular formula is C14H8Cl6N6O. The van der Waals surface area contributed by atoms with Crippen molar-refractivity contribution in [3.05, 3.63) is 60.6 Å². The van der Waals surface area contributed by atoms with Crippen LogP contribution in [0.1, 0.15) is 23.2 Å². The first-order chi connectivity index (χ1) is 12.7. The Kier molecular flexibility index (Phi) is 8.03. The van der Waals surface area contributed by atoms with Gasteiger partial charge in [-0.15, -0.1) is 0 Å². The molecule has 0 saturated carbocycles. The molecule has 0 fully saturated rings. The Bertz CT molecular complexity index is 805. The molecule has 0 bridgehead atoms. The molecule has 3 heterocycles. The van der Waals surface area contributed by atoms with Crippen molar-refractivity contribution >= 4 is 81.8 Å². The molecular weight excluding hydrogens is 481 g/mol. The molecule has 0 unspecified atom stereocenters. The number of aromatic nitrogens is 6. The van der Waals surface area contributed by atoms with E-state index in [4.69, 9.17) is 74.0 Å². The van der Waals surface area contributed by atoms with Crippen molar-refractivity contribution in [1.29, 1.82) is 0 Å². The van der Waals surface area contributed by atoms with Crippen molar-refractivity contribution in [2.75, 3.05) is 0 Å². The third-order valence-electron chi connectivity index (χ3n) is 2.50. The van der Waals surface area contributed by atoms with Crippen LogP contribution in [-0.2, 0) is 7.59 Å². The number of furan rings is 1. The molecule has 0 spiro atoms. The average molecular weight is 489 g/mol. The summed E-state index contributed by atoms with van der Waals surface area (Å²) in [5.41, 5.74) is 0. The maximum atomic E-state index is 5.76. The van der Waals surface area contributed by atoms with E-state index in [0.29, 0.717) is 5.76 Å². The van der Waals surface area contributed by atoms with Crippen LogP contribution < -0.4 is 0 Å². The Hall–Kier alpha value is -1.22. The van der Waals surface area contributed by atoms with E-state index in [1.807, 2.05) is 0 Å². The van der Waals surface area contributed by atoms with E-state index in [0.717, 1.165) is 0 Å². The molecule has 142 valence electrons.